The molecule has 1 unspecified atom stereocenters. The fourth-order valence-corrected chi connectivity index (χ4v) is 3.91. The maximum Gasteiger partial charge on any atom is 0.224 e. The molecule has 0 spiro atoms. The zero-order valence-corrected chi connectivity index (χ0v) is 15.7. The van der Waals surface area contributed by atoms with E-state index in [2.05, 4.69) is 45.3 Å². The second-order valence-electron chi connectivity index (χ2n) is 7.53. The first-order chi connectivity index (χ1) is 13.2. The number of rotatable bonds is 5. The number of imidazole rings is 1. The second kappa shape index (κ2) is 7.82. The van der Waals surface area contributed by atoms with Crippen molar-refractivity contribution < 1.29 is 4.79 Å². The quantitative estimate of drug-likeness (QED) is 0.728. The fourth-order valence-electron chi connectivity index (χ4n) is 3.91. The van der Waals surface area contributed by atoms with Gasteiger partial charge in [0, 0.05) is 25.3 Å². The molecule has 2 aromatic carbocycles. The number of nitrogens with zero attached hydrogens (tertiary/aromatic N) is 2. The van der Waals surface area contributed by atoms with Gasteiger partial charge in [-0.05, 0) is 48.1 Å². The van der Waals surface area contributed by atoms with Crippen LogP contribution in [0.4, 0.5) is 5.69 Å². The molecule has 5 heteroatoms. The van der Waals surface area contributed by atoms with Gasteiger partial charge in [-0.1, -0.05) is 31.2 Å². The summed E-state index contributed by atoms with van der Waals surface area (Å²) in [6.07, 6.45) is 4.58. The van der Waals surface area contributed by atoms with E-state index in [-0.39, 0.29) is 5.91 Å². The highest BCUT2D eigenvalue weighted by atomic mass is 16.1. The van der Waals surface area contributed by atoms with Crippen LogP contribution in [0.1, 0.15) is 30.9 Å². The topological polar surface area (TPSA) is 61.0 Å². The summed E-state index contributed by atoms with van der Waals surface area (Å²) in [7, 11) is 0. The van der Waals surface area contributed by atoms with Crippen LogP contribution in [0.3, 0.4) is 0 Å². The monoisotopic (exact) mass is 362 g/mol. The van der Waals surface area contributed by atoms with Crippen molar-refractivity contribution in [2.24, 2.45) is 5.92 Å². The fraction of sp³-hybridized carbons (Fsp3) is 0.364. The molecule has 1 fully saturated rings. The molecule has 3 aromatic rings. The van der Waals surface area contributed by atoms with Crippen molar-refractivity contribution >= 4 is 22.6 Å². The lowest BCUT2D eigenvalue weighted by atomic mass is 9.99. The van der Waals surface area contributed by atoms with Gasteiger partial charge in [-0.25, -0.2) is 4.98 Å². The Labute approximate surface area is 159 Å². The van der Waals surface area contributed by atoms with E-state index in [9.17, 15) is 4.79 Å². The molecule has 1 saturated heterocycles. The van der Waals surface area contributed by atoms with Crippen LogP contribution >= 0.6 is 0 Å². The number of hydrogen-bond acceptors (Lipinski definition) is 3. The molecule has 2 N–H and O–H groups in total. The number of carbonyl (C=O) groups is 1. The number of carbonyl (C=O) groups excluding carboxylic acids is 1. The molecule has 0 bridgehead atoms. The first kappa shape index (κ1) is 17.6. The van der Waals surface area contributed by atoms with Crippen LogP contribution in [-0.2, 0) is 17.8 Å². The molecular weight excluding hydrogens is 336 g/mol. The standard InChI is InChI=1S/C22H26N4O/c1-16-5-4-10-26(14-16)21-7-3-2-6-18(21)13-23-22(27)12-17-8-9-19-20(11-17)25-15-24-19/h2-3,6-9,11,15-16H,4-5,10,12-14H2,1H3,(H,23,27)(H,24,25). The van der Waals surface area contributed by atoms with Gasteiger partial charge in [-0.3, -0.25) is 4.79 Å². The van der Waals surface area contributed by atoms with E-state index in [0.29, 0.717) is 13.0 Å². The average Bonchev–Trinajstić information content (AvgIpc) is 3.14. The zero-order chi connectivity index (χ0) is 18.6. The summed E-state index contributed by atoms with van der Waals surface area (Å²) < 4.78 is 0. The van der Waals surface area contributed by atoms with Gasteiger partial charge in [-0.2, -0.15) is 0 Å². The molecule has 0 saturated carbocycles. The van der Waals surface area contributed by atoms with Crippen LogP contribution in [0.15, 0.2) is 48.8 Å². The number of piperidine rings is 1. The highest BCUT2D eigenvalue weighted by molar-refractivity contribution is 5.81. The van der Waals surface area contributed by atoms with Gasteiger partial charge in [0.1, 0.15) is 0 Å². The molecule has 0 aliphatic carbocycles. The van der Waals surface area contributed by atoms with E-state index in [1.165, 1.54) is 24.1 Å². The number of benzene rings is 2. The molecule has 2 heterocycles. The van der Waals surface area contributed by atoms with E-state index in [1.54, 1.807) is 6.33 Å². The summed E-state index contributed by atoms with van der Waals surface area (Å²) in [6, 6.07) is 14.3. The molecular formula is C22H26N4O. The van der Waals surface area contributed by atoms with E-state index >= 15 is 0 Å². The average molecular weight is 362 g/mol. The minimum atomic E-state index is 0.0377. The lowest BCUT2D eigenvalue weighted by molar-refractivity contribution is -0.120. The number of fused-ring (bicyclic) bond motifs is 1. The van der Waals surface area contributed by atoms with E-state index in [1.807, 2.05) is 24.3 Å². The summed E-state index contributed by atoms with van der Waals surface area (Å²) in [5.74, 6) is 0.759. The predicted octanol–water partition coefficient (Wildman–Crippen LogP) is 3.66. The lowest BCUT2D eigenvalue weighted by Crippen LogP contribution is -2.35. The van der Waals surface area contributed by atoms with Gasteiger partial charge in [0.2, 0.25) is 5.91 Å². The molecule has 1 aliphatic heterocycles. The third-order valence-corrected chi connectivity index (χ3v) is 5.31. The molecule has 0 radical (unpaired) electrons. The number of aromatic nitrogens is 2. The second-order valence-corrected chi connectivity index (χ2v) is 7.53. The Hall–Kier alpha value is -2.82. The Morgan fingerprint density at radius 1 is 1.30 bits per heavy atom. The Balaban J connectivity index is 1.40. The van der Waals surface area contributed by atoms with Gasteiger partial charge < -0.3 is 15.2 Å². The molecule has 4 rings (SSSR count). The Morgan fingerprint density at radius 2 is 2.19 bits per heavy atom. The van der Waals surface area contributed by atoms with Crippen LogP contribution in [0.2, 0.25) is 0 Å². The van der Waals surface area contributed by atoms with Crippen LogP contribution in [0.25, 0.3) is 11.0 Å². The SMILES string of the molecule is CC1CCCN(c2ccccc2CNC(=O)Cc2ccc3nc[nH]c3c2)C1. The van der Waals surface area contributed by atoms with Crippen molar-refractivity contribution in [1.82, 2.24) is 15.3 Å². The molecule has 1 amide bonds. The van der Waals surface area contributed by atoms with Crippen molar-refractivity contribution in [3.63, 3.8) is 0 Å². The van der Waals surface area contributed by atoms with Crippen molar-refractivity contribution in [3.05, 3.63) is 59.9 Å². The highest BCUT2D eigenvalue weighted by Gasteiger charge is 2.18. The molecule has 1 aliphatic rings. The molecule has 5 nitrogen and oxygen atoms in total. The highest BCUT2D eigenvalue weighted by Crippen LogP contribution is 2.26. The largest absolute Gasteiger partial charge is 0.371 e. The Bertz CT molecular complexity index is 933. The number of nitrogens with one attached hydrogen (secondary N) is 2. The van der Waals surface area contributed by atoms with Gasteiger partial charge in [0.25, 0.3) is 0 Å². The van der Waals surface area contributed by atoms with E-state index < -0.39 is 0 Å². The van der Waals surface area contributed by atoms with Gasteiger partial charge in [-0.15, -0.1) is 0 Å². The minimum Gasteiger partial charge on any atom is -0.371 e. The van der Waals surface area contributed by atoms with Gasteiger partial charge in [0.15, 0.2) is 0 Å². The number of amides is 1. The third-order valence-electron chi connectivity index (χ3n) is 5.31. The summed E-state index contributed by atoms with van der Waals surface area (Å²) >= 11 is 0. The summed E-state index contributed by atoms with van der Waals surface area (Å²) in [4.78, 5) is 22.2. The summed E-state index contributed by atoms with van der Waals surface area (Å²) in [6.45, 7) is 5.06. The third kappa shape index (κ3) is 4.13. The smallest absolute Gasteiger partial charge is 0.224 e. The normalized spacial score (nSPS) is 17.2. The summed E-state index contributed by atoms with van der Waals surface area (Å²) in [5, 5.41) is 3.09. The van der Waals surface area contributed by atoms with Gasteiger partial charge in [0.05, 0.1) is 23.8 Å². The first-order valence-corrected chi connectivity index (χ1v) is 9.70. The van der Waals surface area contributed by atoms with Crippen LogP contribution in [0.5, 0.6) is 0 Å². The van der Waals surface area contributed by atoms with Crippen LogP contribution in [0, 0.1) is 5.92 Å². The maximum atomic E-state index is 12.4. The van der Waals surface area contributed by atoms with E-state index in [0.717, 1.165) is 35.6 Å². The van der Waals surface area contributed by atoms with Crippen molar-refractivity contribution in [2.45, 2.75) is 32.7 Å². The molecule has 1 aromatic heterocycles. The zero-order valence-electron chi connectivity index (χ0n) is 15.7. The predicted molar refractivity (Wildman–Crippen MR) is 109 cm³/mol. The van der Waals surface area contributed by atoms with E-state index in [4.69, 9.17) is 0 Å². The Kier molecular flexibility index (Phi) is 5.10. The summed E-state index contributed by atoms with van der Waals surface area (Å²) in [5.41, 5.74) is 5.31. The van der Waals surface area contributed by atoms with Crippen LogP contribution in [-0.4, -0.2) is 29.0 Å². The maximum absolute atomic E-state index is 12.4. The molecule has 27 heavy (non-hydrogen) atoms. The molecule has 140 valence electrons. The van der Waals surface area contributed by atoms with Crippen molar-refractivity contribution in [1.29, 1.82) is 0 Å². The van der Waals surface area contributed by atoms with Gasteiger partial charge >= 0.3 is 0 Å². The van der Waals surface area contributed by atoms with Crippen LogP contribution < -0.4 is 10.2 Å². The number of aromatic amines is 1. The number of para-hydroxylation sites is 1. The number of anilines is 1. The lowest BCUT2D eigenvalue weighted by Gasteiger charge is -2.34. The first-order valence-electron chi connectivity index (χ1n) is 9.70. The number of hydrogen-bond donors (Lipinski definition) is 2. The minimum absolute atomic E-state index is 0.0377. The van der Waals surface area contributed by atoms with Crippen molar-refractivity contribution in [3.8, 4) is 0 Å². The number of H-pyrrole nitrogens is 1. The Morgan fingerprint density at radius 3 is 3.07 bits per heavy atom. The molecule has 1 atom stereocenters. The van der Waals surface area contributed by atoms with Crippen molar-refractivity contribution in [2.75, 3.05) is 18.0 Å².